The van der Waals surface area contributed by atoms with E-state index in [-0.39, 0.29) is 5.91 Å². The molecule has 0 spiro atoms. The van der Waals surface area contributed by atoms with Crippen LogP contribution in [-0.2, 0) is 11.3 Å². The van der Waals surface area contributed by atoms with Crippen LogP contribution in [0, 0.1) is 0 Å². The van der Waals surface area contributed by atoms with E-state index in [1.54, 1.807) is 6.33 Å². The summed E-state index contributed by atoms with van der Waals surface area (Å²) in [5.74, 6) is 0.0432. The van der Waals surface area contributed by atoms with Crippen molar-refractivity contribution in [3.8, 4) is 0 Å². The topological polar surface area (TPSA) is 46.9 Å². The molecule has 4 nitrogen and oxygen atoms in total. The van der Waals surface area contributed by atoms with Crippen LogP contribution in [-0.4, -0.2) is 22.0 Å². The number of nitrogens with zero attached hydrogens (tertiary/aromatic N) is 2. The number of rotatable bonds is 5. The van der Waals surface area contributed by atoms with Crippen molar-refractivity contribution in [3.63, 3.8) is 0 Å². The molecule has 0 bridgehead atoms. The fourth-order valence-electron chi connectivity index (χ4n) is 1.75. The van der Waals surface area contributed by atoms with Crippen LogP contribution in [0.2, 0.25) is 0 Å². The van der Waals surface area contributed by atoms with Crippen LogP contribution < -0.4 is 5.32 Å². The van der Waals surface area contributed by atoms with Crippen LogP contribution >= 0.6 is 0 Å². The number of aromatic nitrogens is 2. The summed E-state index contributed by atoms with van der Waals surface area (Å²) < 4.78 is 1.87. The summed E-state index contributed by atoms with van der Waals surface area (Å²) in [7, 11) is 0. The smallest absolute Gasteiger partial charge is 0.239 e. The molecule has 90 valence electrons. The second kappa shape index (κ2) is 5.48. The summed E-state index contributed by atoms with van der Waals surface area (Å²) in [4.78, 5) is 15.9. The average Bonchev–Trinajstić information content (AvgIpc) is 2.73. The summed E-state index contributed by atoms with van der Waals surface area (Å²) in [5, 5.41) is 2.90. The van der Waals surface area contributed by atoms with Crippen molar-refractivity contribution in [1.82, 2.24) is 14.9 Å². The molecular weight excluding hydrogens is 214 g/mol. The van der Waals surface area contributed by atoms with Crippen LogP contribution in [0.4, 0.5) is 0 Å². The van der Waals surface area contributed by atoms with Crippen molar-refractivity contribution in [3.05, 3.63) is 30.6 Å². The van der Waals surface area contributed by atoms with Gasteiger partial charge in [0.2, 0.25) is 5.91 Å². The van der Waals surface area contributed by atoms with Gasteiger partial charge in [-0.15, -0.1) is 0 Å². The van der Waals surface area contributed by atoms with E-state index in [0.29, 0.717) is 6.54 Å². The molecule has 0 aliphatic heterocycles. The van der Waals surface area contributed by atoms with E-state index in [1.807, 2.05) is 28.8 Å². The molecule has 1 N–H and O–H groups in total. The number of fused-ring (bicyclic) bond motifs is 1. The zero-order chi connectivity index (χ0) is 12.1. The lowest BCUT2D eigenvalue weighted by molar-refractivity contribution is -0.121. The number of benzene rings is 1. The summed E-state index contributed by atoms with van der Waals surface area (Å²) in [6.07, 6.45) is 3.83. The number of hydrogen-bond acceptors (Lipinski definition) is 2. The quantitative estimate of drug-likeness (QED) is 0.799. The molecule has 1 heterocycles. The highest BCUT2D eigenvalue weighted by atomic mass is 16.1. The second-order valence-corrected chi connectivity index (χ2v) is 4.06. The first kappa shape index (κ1) is 11.6. The number of unbranched alkanes of at least 4 members (excludes halogenated alkanes) is 1. The summed E-state index contributed by atoms with van der Waals surface area (Å²) in [5.41, 5.74) is 1.92. The minimum Gasteiger partial charge on any atom is -0.355 e. The van der Waals surface area contributed by atoms with Gasteiger partial charge in [0, 0.05) is 6.54 Å². The minimum atomic E-state index is 0.0432. The Morgan fingerprint density at radius 1 is 1.41 bits per heavy atom. The molecule has 0 atom stereocenters. The lowest BCUT2D eigenvalue weighted by Crippen LogP contribution is -2.28. The van der Waals surface area contributed by atoms with E-state index < -0.39 is 0 Å². The maximum absolute atomic E-state index is 11.7. The number of para-hydroxylation sites is 2. The number of carbonyl (C=O) groups excluding carboxylic acids is 1. The van der Waals surface area contributed by atoms with Crippen LogP contribution in [0.15, 0.2) is 30.6 Å². The van der Waals surface area contributed by atoms with Gasteiger partial charge in [-0.05, 0) is 18.6 Å². The van der Waals surface area contributed by atoms with Crippen molar-refractivity contribution >= 4 is 16.9 Å². The molecule has 2 rings (SSSR count). The van der Waals surface area contributed by atoms with Crippen LogP contribution in [0.25, 0.3) is 11.0 Å². The normalized spacial score (nSPS) is 10.6. The third-order valence-corrected chi connectivity index (χ3v) is 2.69. The number of carbonyl (C=O) groups is 1. The Morgan fingerprint density at radius 2 is 2.24 bits per heavy atom. The molecule has 2 aromatic rings. The average molecular weight is 231 g/mol. The SMILES string of the molecule is CCCCNC(=O)Cn1cnc2ccccc21. The van der Waals surface area contributed by atoms with E-state index in [0.717, 1.165) is 30.4 Å². The minimum absolute atomic E-state index is 0.0432. The number of nitrogens with one attached hydrogen (secondary N) is 1. The molecule has 0 fully saturated rings. The molecule has 0 saturated carbocycles. The molecule has 4 heteroatoms. The van der Waals surface area contributed by atoms with Gasteiger partial charge in [0.05, 0.1) is 17.4 Å². The molecule has 1 aromatic carbocycles. The fourth-order valence-corrected chi connectivity index (χ4v) is 1.75. The lowest BCUT2D eigenvalue weighted by Gasteiger charge is -2.05. The Balaban J connectivity index is 2.01. The summed E-state index contributed by atoms with van der Waals surface area (Å²) in [6, 6.07) is 7.82. The van der Waals surface area contributed by atoms with Gasteiger partial charge >= 0.3 is 0 Å². The van der Waals surface area contributed by atoms with Crippen molar-refractivity contribution < 1.29 is 4.79 Å². The third kappa shape index (κ3) is 2.84. The molecule has 0 aliphatic rings. The number of hydrogen-bond donors (Lipinski definition) is 1. The fraction of sp³-hybridized carbons (Fsp3) is 0.385. The van der Waals surface area contributed by atoms with E-state index in [2.05, 4.69) is 17.2 Å². The maximum atomic E-state index is 11.7. The van der Waals surface area contributed by atoms with E-state index in [9.17, 15) is 4.79 Å². The summed E-state index contributed by atoms with van der Waals surface area (Å²) in [6.45, 7) is 3.20. The molecule has 0 radical (unpaired) electrons. The van der Waals surface area contributed by atoms with Crippen LogP contribution in [0.3, 0.4) is 0 Å². The Bertz CT molecular complexity index is 504. The van der Waals surface area contributed by atoms with Crippen LogP contribution in [0.5, 0.6) is 0 Å². The number of amides is 1. The zero-order valence-corrected chi connectivity index (χ0v) is 10.0. The monoisotopic (exact) mass is 231 g/mol. The molecule has 0 unspecified atom stereocenters. The van der Waals surface area contributed by atoms with Gasteiger partial charge in [-0.3, -0.25) is 4.79 Å². The highest BCUT2D eigenvalue weighted by Gasteiger charge is 2.05. The Kier molecular flexibility index (Phi) is 3.75. The Labute approximate surface area is 101 Å². The predicted octanol–water partition coefficient (Wildman–Crippen LogP) is 1.95. The predicted molar refractivity (Wildman–Crippen MR) is 67.7 cm³/mol. The molecule has 1 aromatic heterocycles. The number of imidazole rings is 1. The molecular formula is C13H17N3O. The van der Waals surface area contributed by atoms with Crippen molar-refractivity contribution in [2.24, 2.45) is 0 Å². The molecule has 17 heavy (non-hydrogen) atoms. The van der Waals surface area contributed by atoms with Gasteiger partial charge < -0.3 is 9.88 Å². The van der Waals surface area contributed by atoms with Gasteiger partial charge in [-0.25, -0.2) is 4.98 Å². The first-order valence-electron chi connectivity index (χ1n) is 5.98. The first-order chi connectivity index (χ1) is 8.31. The highest BCUT2D eigenvalue weighted by Crippen LogP contribution is 2.11. The largest absolute Gasteiger partial charge is 0.355 e. The van der Waals surface area contributed by atoms with Gasteiger partial charge in [-0.2, -0.15) is 0 Å². The second-order valence-electron chi connectivity index (χ2n) is 4.06. The van der Waals surface area contributed by atoms with Gasteiger partial charge in [0.25, 0.3) is 0 Å². The van der Waals surface area contributed by atoms with Crippen molar-refractivity contribution in [1.29, 1.82) is 0 Å². The molecule has 0 aliphatic carbocycles. The Morgan fingerprint density at radius 3 is 3.06 bits per heavy atom. The first-order valence-corrected chi connectivity index (χ1v) is 5.98. The van der Waals surface area contributed by atoms with Crippen molar-refractivity contribution in [2.45, 2.75) is 26.3 Å². The van der Waals surface area contributed by atoms with Gasteiger partial charge in [-0.1, -0.05) is 25.5 Å². The summed E-state index contributed by atoms with van der Waals surface area (Å²) >= 11 is 0. The lowest BCUT2D eigenvalue weighted by atomic mass is 10.3. The van der Waals surface area contributed by atoms with E-state index in [4.69, 9.17) is 0 Å². The standard InChI is InChI=1S/C13H17N3O/c1-2-3-8-14-13(17)9-16-10-15-11-6-4-5-7-12(11)16/h4-7,10H,2-3,8-9H2,1H3,(H,14,17). The molecule has 0 saturated heterocycles. The third-order valence-electron chi connectivity index (χ3n) is 2.69. The van der Waals surface area contributed by atoms with E-state index in [1.165, 1.54) is 0 Å². The van der Waals surface area contributed by atoms with E-state index >= 15 is 0 Å². The Hall–Kier alpha value is -1.84. The van der Waals surface area contributed by atoms with Crippen molar-refractivity contribution in [2.75, 3.05) is 6.54 Å². The van der Waals surface area contributed by atoms with Gasteiger partial charge in [0.1, 0.15) is 6.54 Å². The molecule has 1 amide bonds. The highest BCUT2D eigenvalue weighted by molar-refractivity contribution is 5.80. The van der Waals surface area contributed by atoms with Gasteiger partial charge in [0.15, 0.2) is 0 Å². The zero-order valence-electron chi connectivity index (χ0n) is 10.0. The maximum Gasteiger partial charge on any atom is 0.239 e. The van der Waals surface area contributed by atoms with Crippen LogP contribution in [0.1, 0.15) is 19.8 Å².